The Morgan fingerprint density at radius 1 is 1.12 bits per heavy atom. The minimum absolute atomic E-state index is 0.258. The average molecular weight is 335 g/mol. The third-order valence-corrected chi connectivity index (χ3v) is 5.28. The summed E-state index contributed by atoms with van der Waals surface area (Å²) >= 11 is 0. The first-order valence-corrected chi connectivity index (χ1v) is 9.12. The van der Waals surface area contributed by atoms with Gasteiger partial charge in [0.15, 0.2) is 0 Å². The van der Waals surface area contributed by atoms with Crippen molar-refractivity contribution in [3.63, 3.8) is 0 Å². The normalized spacial score (nSPS) is 18.0. The number of rotatable bonds is 4. The molecule has 0 unspecified atom stereocenters. The van der Waals surface area contributed by atoms with Gasteiger partial charge in [0, 0.05) is 19.7 Å². The van der Waals surface area contributed by atoms with Gasteiger partial charge >= 0.3 is 0 Å². The van der Waals surface area contributed by atoms with Crippen LogP contribution in [0.1, 0.15) is 24.0 Å². The van der Waals surface area contributed by atoms with Gasteiger partial charge in [-0.2, -0.15) is 0 Å². The van der Waals surface area contributed by atoms with E-state index in [2.05, 4.69) is 58.9 Å². The van der Waals surface area contributed by atoms with Crippen molar-refractivity contribution in [3.8, 4) is 0 Å². The molecule has 1 aliphatic heterocycles. The number of piperidine rings is 1. The second kappa shape index (κ2) is 6.89. The molecule has 0 bridgehead atoms. The SMILES string of the molecule is Cc1ccccc1Cn1c(N2CCC[C@H](CO)C2)nc2ccccc21. The van der Waals surface area contributed by atoms with Crippen LogP contribution in [-0.2, 0) is 6.54 Å². The number of benzene rings is 2. The molecule has 1 aliphatic rings. The van der Waals surface area contributed by atoms with Gasteiger partial charge in [-0.3, -0.25) is 0 Å². The minimum Gasteiger partial charge on any atom is -0.396 e. The fourth-order valence-electron chi connectivity index (χ4n) is 3.81. The Labute approximate surface area is 148 Å². The number of aromatic nitrogens is 2. The molecule has 0 radical (unpaired) electrons. The standard InChI is InChI=1S/C21H25N3O/c1-16-7-2-3-9-18(16)14-24-20-11-5-4-10-19(20)22-21(24)23-12-6-8-17(13-23)15-25/h2-5,7,9-11,17,25H,6,8,12-15H2,1H3/t17-/m0/s1. The largest absolute Gasteiger partial charge is 0.396 e. The highest BCUT2D eigenvalue weighted by Gasteiger charge is 2.24. The third-order valence-electron chi connectivity index (χ3n) is 5.28. The number of hydrogen-bond donors (Lipinski definition) is 1. The molecule has 0 aliphatic carbocycles. The van der Waals surface area contributed by atoms with Crippen molar-refractivity contribution >= 4 is 17.0 Å². The van der Waals surface area contributed by atoms with Crippen LogP contribution in [0, 0.1) is 12.8 Å². The highest BCUT2D eigenvalue weighted by molar-refractivity contribution is 5.79. The highest BCUT2D eigenvalue weighted by Crippen LogP contribution is 2.28. The first-order valence-electron chi connectivity index (χ1n) is 9.12. The van der Waals surface area contributed by atoms with Crippen molar-refractivity contribution in [2.75, 3.05) is 24.6 Å². The molecule has 2 aromatic carbocycles. The van der Waals surface area contributed by atoms with Gasteiger partial charge in [-0.25, -0.2) is 4.98 Å². The van der Waals surface area contributed by atoms with Gasteiger partial charge in [0.1, 0.15) is 0 Å². The summed E-state index contributed by atoms with van der Waals surface area (Å²) in [6, 6.07) is 16.9. The molecule has 4 heteroatoms. The number of imidazole rings is 1. The van der Waals surface area contributed by atoms with Crippen LogP contribution in [0.25, 0.3) is 11.0 Å². The van der Waals surface area contributed by atoms with E-state index >= 15 is 0 Å². The lowest BCUT2D eigenvalue weighted by Crippen LogP contribution is -2.38. The molecule has 1 saturated heterocycles. The lowest BCUT2D eigenvalue weighted by atomic mass is 9.99. The van der Waals surface area contributed by atoms with E-state index in [1.54, 1.807) is 0 Å². The second-order valence-corrected chi connectivity index (χ2v) is 7.05. The lowest BCUT2D eigenvalue weighted by molar-refractivity contribution is 0.208. The molecule has 1 aromatic heterocycles. The highest BCUT2D eigenvalue weighted by atomic mass is 16.3. The molecule has 0 amide bonds. The Hall–Kier alpha value is -2.33. The van der Waals surface area contributed by atoms with Crippen LogP contribution in [0.5, 0.6) is 0 Å². The number of nitrogens with zero attached hydrogens (tertiary/aromatic N) is 3. The number of para-hydroxylation sites is 2. The zero-order chi connectivity index (χ0) is 17.2. The smallest absolute Gasteiger partial charge is 0.206 e. The zero-order valence-corrected chi connectivity index (χ0v) is 14.7. The second-order valence-electron chi connectivity index (χ2n) is 7.05. The summed E-state index contributed by atoms with van der Waals surface area (Å²) < 4.78 is 2.33. The van der Waals surface area contributed by atoms with Gasteiger partial charge in [-0.1, -0.05) is 36.4 Å². The maximum Gasteiger partial charge on any atom is 0.206 e. The Bertz CT molecular complexity index is 870. The number of aliphatic hydroxyl groups excluding tert-OH is 1. The lowest BCUT2D eigenvalue weighted by Gasteiger charge is -2.33. The molecule has 1 N–H and O–H groups in total. The van der Waals surface area contributed by atoms with E-state index in [-0.39, 0.29) is 6.61 Å². The first kappa shape index (κ1) is 16.2. The summed E-state index contributed by atoms with van der Waals surface area (Å²) in [5, 5.41) is 9.58. The van der Waals surface area contributed by atoms with Gasteiger partial charge in [0.25, 0.3) is 0 Å². The predicted octanol–water partition coefficient (Wildman–Crippen LogP) is 3.60. The fraction of sp³-hybridized carbons (Fsp3) is 0.381. The number of aliphatic hydroxyl groups is 1. The summed E-state index contributed by atoms with van der Waals surface area (Å²) in [5.74, 6) is 1.38. The Kier molecular flexibility index (Phi) is 4.45. The molecule has 0 spiro atoms. The van der Waals surface area contributed by atoms with Gasteiger partial charge in [-0.15, -0.1) is 0 Å². The van der Waals surface area contributed by atoms with Gasteiger partial charge < -0.3 is 14.6 Å². The number of fused-ring (bicyclic) bond motifs is 1. The van der Waals surface area contributed by atoms with E-state index in [9.17, 15) is 5.11 Å². The summed E-state index contributed by atoms with van der Waals surface area (Å²) in [7, 11) is 0. The van der Waals surface area contributed by atoms with E-state index in [0.717, 1.165) is 43.9 Å². The van der Waals surface area contributed by atoms with Crippen molar-refractivity contribution in [3.05, 3.63) is 59.7 Å². The van der Waals surface area contributed by atoms with Crippen LogP contribution in [0.2, 0.25) is 0 Å². The summed E-state index contributed by atoms with van der Waals surface area (Å²) in [4.78, 5) is 7.29. The molecule has 0 saturated carbocycles. The van der Waals surface area contributed by atoms with E-state index in [1.807, 2.05) is 6.07 Å². The van der Waals surface area contributed by atoms with Crippen LogP contribution in [0.3, 0.4) is 0 Å². The van der Waals surface area contributed by atoms with E-state index in [4.69, 9.17) is 4.98 Å². The average Bonchev–Trinajstić information content (AvgIpc) is 3.02. The monoisotopic (exact) mass is 335 g/mol. The number of hydrogen-bond acceptors (Lipinski definition) is 3. The van der Waals surface area contributed by atoms with Crippen molar-refractivity contribution in [2.45, 2.75) is 26.3 Å². The van der Waals surface area contributed by atoms with Crippen molar-refractivity contribution in [2.24, 2.45) is 5.92 Å². The molecular weight excluding hydrogens is 310 g/mol. The molecule has 4 rings (SSSR count). The van der Waals surface area contributed by atoms with Gasteiger partial charge in [0.05, 0.1) is 17.6 Å². The van der Waals surface area contributed by atoms with E-state index < -0.39 is 0 Å². The number of anilines is 1. The minimum atomic E-state index is 0.258. The Balaban J connectivity index is 1.77. The van der Waals surface area contributed by atoms with Crippen molar-refractivity contribution in [1.29, 1.82) is 0 Å². The van der Waals surface area contributed by atoms with Crippen LogP contribution in [0.4, 0.5) is 5.95 Å². The molecule has 25 heavy (non-hydrogen) atoms. The fourth-order valence-corrected chi connectivity index (χ4v) is 3.81. The molecule has 1 fully saturated rings. The van der Waals surface area contributed by atoms with Crippen LogP contribution >= 0.6 is 0 Å². The van der Waals surface area contributed by atoms with Crippen LogP contribution < -0.4 is 4.90 Å². The molecule has 3 aromatic rings. The Morgan fingerprint density at radius 3 is 2.76 bits per heavy atom. The quantitative estimate of drug-likeness (QED) is 0.792. The summed E-state index contributed by atoms with van der Waals surface area (Å²) in [6.07, 6.45) is 2.21. The number of aryl methyl sites for hydroxylation is 1. The Morgan fingerprint density at radius 2 is 1.92 bits per heavy atom. The maximum absolute atomic E-state index is 9.58. The van der Waals surface area contributed by atoms with Crippen LogP contribution in [-0.4, -0.2) is 34.4 Å². The van der Waals surface area contributed by atoms with Gasteiger partial charge in [-0.05, 0) is 48.9 Å². The van der Waals surface area contributed by atoms with E-state index in [0.29, 0.717) is 5.92 Å². The molecule has 130 valence electrons. The predicted molar refractivity (Wildman–Crippen MR) is 102 cm³/mol. The zero-order valence-electron chi connectivity index (χ0n) is 14.7. The maximum atomic E-state index is 9.58. The third kappa shape index (κ3) is 3.14. The molecular formula is C21H25N3O. The molecule has 2 heterocycles. The van der Waals surface area contributed by atoms with Crippen LogP contribution in [0.15, 0.2) is 48.5 Å². The van der Waals surface area contributed by atoms with Crippen molar-refractivity contribution < 1.29 is 5.11 Å². The molecule has 1 atom stereocenters. The van der Waals surface area contributed by atoms with E-state index in [1.165, 1.54) is 16.6 Å². The van der Waals surface area contributed by atoms with Gasteiger partial charge in [0.2, 0.25) is 5.95 Å². The van der Waals surface area contributed by atoms with Crippen molar-refractivity contribution in [1.82, 2.24) is 9.55 Å². The topological polar surface area (TPSA) is 41.3 Å². The molecule has 4 nitrogen and oxygen atoms in total. The first-order chi connectivity index (χ1) is 12.3. The summed E-state index contributed by atoms with van der Waals surface area (Å²) in [5.41, 5.74) is 4.84. The summed E-state index contributed by atoms with van der Waals surface area (Å²) in [6.45, 7) is 5.13.